The summed E-state index contributed by atoms with van der Waals surface area (Å²) in [6.07, 6.45) is 0.361. The molecule has 0 radical (unpaired) electrons. The zero-order valence-electron chi connectivity index (χ0n) is 18.7. The fraction of sp³-hybridized carbons (Fsp3) is 0.545. The second-order valence-corrected chi connectivity index (χ2v) is 7.56. The SMILES string of the molecule is CC(C)OC(=O)NN(C(=O)CCCCCCC(=O)Nc1ccccc1)C(=O)OC(C)C. The monoisotopic (exact) mass is 435 g/mol. The number of rotatable bonds is 10. The summed E-state index contributed by atoms with van der Waals surface area (Å²) in [4.78, 5) is 48.3. The van der Waals surface area contributed by atoms with Crippen LogP contribution >= 0.6 is 0 Å². The van der Waals surface area contributed by atoms with Gasteiger partial charge in [0, 0.05) is 18.5 Å². The molecule has 0 aliphatic carbocycles. The van der Waals surface area contributed by atoms with Crippen molar-refractivity contribution in [3.05, 3.63) is 30.3 Å². The quantitative estimate of drug-likeness (QED) is 0.416. The average molecular weight is 436 g/mol. The van der Waals surface area contributed by atoms with E-state index in [1.807, 2.05) is 30.3 Å². The summed E-state index contributed by atoms with van der Waals surface area (Å²) >= 11 is 0. The Kier molecular flexibility index (Phi) is 11.7. The fourth-order valence-corrected chi connectivity index (χ4v) is 2.57. The molecule has 1 rings (SSSR count). The molecule has 0 saturated carbocycles. The lowest BCUT2D eigenvalue weighted by Gasteiger charge is -2.22. The Bertz CT molecular complexity index is 721. The number of hydrogen-bond donors (Lipinski definition) is 2. The number of amides is 4. The smallest absolute Gasteiger partial charge is 0.436 e. The van der Waals surface area contributed by atoms with Crippen LogP contribution in [0.15, 0.2) is 30.3 Å². The highest BCUT2D eigenvalue weighted by molar-refractivity contribution is 5.93. The van der Waals surface area contributed by atoms with Crippen LogP contribution in [0, 0.1) is 0 Å². The third-order valence-corrected chi connectivity index (χ3v) is 3.92. The van der Waals surface area contributed by atoms with Crippen LogP contribution in [-0.2, 0) is 19.1 Å². The molecule has 0 atom stereocenters. The van der Waals surface area contributed by atoms with Crippen molar-refractivity contribution < 1.29 is 28.7 Å². The van der Waals surface area contributed by atoms with Gasteiger partial charge in [-0.2, -0.15) is 0 Å². The molecule has 0 bridgehead atoms. The number of anilines is 1. The van der Waals surface area contributed by atoms with Gasteiger partial charge in [-0.15, -0.1) is 5.01 Å². The number of unbranched alkanes of at least 4 members (excludes halogenated alkanes) is 3. The molecule has 9 nitrogen and oxygen atoms in total. The second kappa shape index (κ2) is 14.0. The molecular formula is C22H33N3O6. The van der Waals surface area contributed by atoms with Crippen molar-refractivity contribution in [2.75, 3.05) is 5.32 Å². The Labute approximate surface area is 183 Å². The van der Waals surface area contributed by atoms with E-state index in [-0.39, 0.29) is 12.3 Å². The topological polar surface area (TPSA) is 114 Å². The lowest BCUT2D eigenvalue weighted by atomic mass is 10.1. The van der Waals surface area contributed by atoms with E-state index >= 15 is 0 Å². The predicted octanol–water partition coefficient (Wildman–Crippen LogP) is 4.39. The van der Waals surface area contributed by atoms with Gasteiger partial charge in [0.2, 0.25) is 5.91 Å². The third-order valence-electron chi connectivity index (χ3n) is 3.92. The highest BCUT2D eigenvalue weighted by Gasteiger charge is 2.26. The van der Waals surface area contributed by atoms with Crippen LogP contribution in [0.3, 0.4) is 0 Å². The predicted molar refractivity (Wildman–Crippen MR) is 116 cm³/mol. The first kappa shape index (κ1) is 25.9. The molecule has 0 heterocycles. The van der Waals surface area contributed by atoms with Crippen molar-refractivity contribution in [2.24, 2.45) is 0 Å². The molecule has 2 N–H and O–H groups in total. The van der Waals surface area contributed by atoms with Gasteiger partial charge in [0.15, 0.2) is 0 Å². The highest BCUT2D eigenvalue weighted by Crippen LogP contribution is 2.10. The molecule has 0 aliphatic heterocycles. The minimum absolute atomic E-state index is 0.0470. The van der Waals surface area contributed by atoms with Gasteiger partial charge in [0.1, 0.15) is 0 Å². The van der Waals surface area contributed by atoms with Gasteiger partial charge in [0.05, 0.1) is 12.2 Å². The number of para-hydroxylation sites is 1. The Morgan fingerprint density at radius 2 is 1.42 bits per heavy atom. The summed E-state index contributed by atoms with van der Waals surface area (Å²) in [5.41, 5.74) is 2.90. The van der Waals surface area contributed by atoms with E-state index in [9.17, 15) is 19.2 Å². The summed E-state index contributed by atoms with van der Waals surface area (Å²) in [5.74, 6) is -0.647. The van der Waals surface area contributed by atoms with E-state index in [0.29, 0.717) is 30.7 Å². The molecule has 0 unspecified atom stereocenters. The van der Waals surface area contributed by atoms with Crippen LogP contribution in [0.1, 0.15) is 66.2 Å². The largest absolute Gasteiger partial charge is 0.446 e. The van der Waals surface area contributed by atoms with Crippen LogP contribution in [-0.4, -0.2) is 41.2 Å². The van der Waals surface area contributed by atoms with Crippen molar-refractivity contribution in [1.29, 1.82) is 0 Å². The summed E-state index contributed by atoms with van der Waals surface area (Å²) in [6.45, 7) is 6.58. The molecule has 1 aromatic rings. The van der Waals surface area contributed by atoms with Crippen molar-refractivity contribution in [1.82, 2.24) is 10.4 Å². The Balaban J connectivity index is 2.37. The first-order valence-electron chi connectivity index (χ1n) is 10.5. The molecule has 9 heteroatoms. The van der Waals surface area contributed by atoms with Gasteiger partial charge in [-0.1, -0.05) is 31.0 Å². The Hall–Kier alpha value is -3.10. The molecule has 0 aromatic heterocycles. The number of ether oxygens (including phenoxy) is 2. The number of benzene rings is 1. The highest BCUT2D eigenvalue weighted by atomic mass is 16.6. The Morgan fingerprint density at radius 3 is 2.00 bits per heavy atom. The van der Waals surface area contributed by atoms with E-state index in [2.05, 4.69) is 10.7 Å². The Morgan fingerprint density at radius 1 is 0.839 bits per heavy atom. The van der Waals surface area contributed by atoms with Crippen LogP contribution < -0.4 is 10.7 Å². The summed E-state index contributed by atoms with van der Waals surface area (Å²) in [6, 6.07) is 9.23. The molecule has 4 amide bonds. The van der Waals surface area contributed by atoms with Crippen molar-refractivity contribution in [3.63, 3.8) is 0 Å². The van der Waals surface area contributed by atoms with Gasteiger partial charge < -0.3 is 14.8 Å². The maximum absolute atomic E-state index is 12.4. The van der Waals surface area contributed by atoms with Gasteiger partial charge in [-0.25, -0.2) is 15.0 Å². The van der Waals surface area contributed by atoms with Crippen LogP contribution in [0.2, 0.25) is 0 Å². The number of imide groups is 1. The minimum atomic E-state index is -0.960. The molecule has 0 fully saturated rings. The molecule has 0 saturated heterocycles. The lowest BCUT2D eigenvalue weighted by molar-refractivity contribution is -0.132. The average Bonchev–Trinajstić information content (AvgIpc) is 2.68. The lowest BCUT2D eigenvalue weighted by Crippen LogP contribution is -2.51. The zero-order valence-corrected chi connectivity index (χ0v) is 18.7. The molecule has 0 aliphatic rings. The van der Waals surface area contributed by atoms with E-state index in [1.165, 1.54) is 0 Å². The second-order valence-electron chi connectivity index (χ2n) is 7.56. The van der Waals surface area contributed by atoms with Gasteiger partial charge in [-0.05, 0) is 52.7 Å². The molecule has 0 spiro atoms. The fourth-order valence-electron chi connectivity index (χ4n) is 2.57. The van der Waals surface area contributed by atoms with Gasteiger partial charge in [-0.3, -0.25) is 9.59 Å². The normalized spacial score (nSPS) is 10.5. The summed E-state index contributed by atoms with van der Waals surface area (Å²) < 4.78 is 9.93. The van der Waals surface area contributed by atoms with Crippen molar-refractivity contribution in [2.45, 2.75) is 78.4 Å². The molecule has 172 valence electrons. The van der Waals surface area contributed by atoms with Crippen LogP contribution in [0.5, 0.6) is 0 Å². The van der Waals surface area contributed by atoms with Gasteiger partial charge in [0.25, 0.3) is 5.91 Å². The number of hydrazine groups is 1. The van der Waals surface area contributed by atoms with Crippen LogP contribution in [0.25, 0.3) is 0 Å². The zero-order chi connectivity index (χ0) is 23.2. The number of carbonyl (C=O) groups is 4. The van der Waals surface area contributed by atoms with E-state index in [4.69, 9.17) is 9.47 Å². The van der Waals surface area contributed by atoms with E-state index < -0.39 is 30.3 Å². The molecular weight excluding hydrogens is 402 g/mol. The number of hydrogen-bond acceptors (Lipinski definition) is 6. The summed E-state index contributed by atoms with van der Waals surface area (Å²) in [7, 11) is 0. The number of nitrogens with one attached hydrogen (secondary N) is 2. The van der Waals surface area contributed by atoms with E-state index in [1.54, 1.807) is 27.7 Å². The van der Waals surface area contributed by atoms with E-state index in [0.717, 1.165) is 12.1 Å². The van der Waals surface area contributed by atoms with Gasteiger partial charge >= 0.3 is 12.2 Å². The van der Waals surface area contributed by atoms with Crippen LogP contribution in [0.4, 0.5) is 15.3 Å². The number of nitrogens with zero attached hydrogens (tertiary/aromatic N) is 1. The molecule has 31 heavy (non-hydrogen) atoms. The number of carbonyl (C=O) groups excluding carboxylic acids is 4. The minimum Gasteiger partial charge on any atom is -0.446 e. The third kappa shape index (κ3) is 11.6. The first-order valence-corrected chi connectivity index (χ1v) is 10.5. The maximum Gasteiger partial charge on any atom is 0.436 e. The first-order chi connectivity index (χ1) is 14.7. The van der Waals surface area contributed by atoms with Crippen molar-refractivity contribution in [3.8, 4) is 0 Å². The summed E-state index contributed by atoms with van der Waals surface area (Å²) in [5, 5.41) is 3.38. The standard InChI is InChI=1S/C22H33N3O6/c1-16(2)30-21(28)24-25(22(29)31-17(3)4)20(27)15-11-6-5-10-14-19(26)23-18-12-8-7-9-13-18/h7-9,12-13,16-17H,5-6,10-11,14-15H2,1-4H3,(H,23,26)(H,24,28). The molecule has 1 aromatic carbocycles. The maximum atomic E-state index is 12.4. The van der Waals surface area contributed by atoms with Crippen molar-refractivity contribution >= 4 is 29.7 Å².